The van der Waals surface area contributed by atoms with Crippen LogP contribution in [-0.4, -0.2) is 30.6 Å². The average Bonchev–Trinajstić information content (AvgIpc) is 3.30. The van der Waals surface area contributed by atoms with E-state index in [0.29, 0.717) is 48.3 Å². The van der Waals surface area contributed by atoms with E-state index in [4.69, 9.17) is 0 Å². The van der Waals surface area contributed by atoms with Gasteiger partial charge in [-0.1, -0.05) is 59.7 Å². The summed E-state index contributed by atoms with van der Waals surface area (Å²) in [5, 5.41) is 11.3. The molecule has 4 aliphatic carbocycles. The topological polar surface area (TPSA) is 54.4 Å². The molecule has 9 atom stereocenters. The molecule has 4 saturated carbocycles. The number of benzene rings is 1. The minimum Gasteiger partial charge on any atom is -0.390 e. The SMILES string of the molecule is C[C@H](C(CC1(O)CCC(C(C)(C)C)CC1)S(=O)(=O)c1ccccc1)[C@H]1CC[C@H]2[C@@H]3CCC(C(F)(F)F)CC[C@H](C)[C@H]3CC[C@]12C. The summed E-state index contributed by atoms with van der Waals surface area (Å²) in [7, 11) is -3.73. The molecule has 1 N–H and O–H groups in total. The van der Waals surface area contributed by atoms with Crippen LogP contribution < -0.4 is 0 Å². The van der Waals surface area contributed by atoms with Crippen LogP contribution in [0.3, 0.4) is 0 Å². The Morgan fingerprint density at radius 1 is 0.844 bits per heavy atom. The zero-order chi connectivity index (χ0) is 33.0. The van der Waals surface area contributed by atoms with Crippen molar-refractivity contribution in [3.63, 3.8) is 0 Å². The van der Waals surface area contributed by atoms with Gasteiger partial charge in [-0.25, -0.2) is 8.42 Å². The van der Waals surface area contributed by atoms with Gasteiger partial charge in [0.25, 0.3) is 0 Å². The Labute approximate surface area is 271 Å². The van der Waals surface area contributed by atoms with Crippen LogP contribution in [0.25, 0.3) is 0 Å². The van der Waals surface area contributed by atoms with Crippen molar-refractivity contribution >= 4 is 9.84 Å². The molecule has 0 heterocycles. The largest absolute Gasteiger partial charge is 0.391 e. The number of halogens is 3. The van der Waals surface area contributed by atoms with E-state index in [1.54, 1.807) is 24.3 Å². The Bertz CT molecular complexity index is 1250. The molecule has 5 rings (SSSR count). The maximum absolute atomic E-state index is 14.5. The summed E-state index contributed by atoms with van der Waals surface area (Å²) in [6, 6.07) is 8.76. The van der Waals surface area contributed by atoms with Crippen molar-refractivity contribution < 1.29 is 26.7 Å². The quantitative estimate of drug-likeness (QED) is 0.333. The predicted molar refractivity (Wildman–Crippen MR) is 175 cm³/mol. The van der Waals surface area contributed by atoms with E-state index in [0.717, 1.165) is 38.5 Å². The van der Waals surface area contributed by atoms with Gasteiger partial charge in [0.15, 0.2) is 9.84 Å². The van der Waals surface area contributed by atoms with Gasteiger partial charge in [0.2, 0.25) is 0 Å². The maximum atomic E-state index is 14.5. The van der Waals surface area contributed by atoms with Crippen LogP contribution >= 0.6 is 0 Å². The first-order valence-electron chi connectivity index (χ1n) is 17.9. The molecule has 0 spiro atoms. The van der Waals surface area contributed by atoms with Crippen LogP contribution in [0.4, 0.5) is 13.2 Å². The van der Waals surface area contributed by atoms with E-state index < -0.39 is 32.8 Å². The molecule has 0 aromatic heterocycles. The lowest BCUT2D eigenvalue weighted by Crippen LogP contribution is -2.49. The second-order valence-corrected chi connectivity index (χ2v) is 19.5. The molecule has 0 radical (unpaired) electrons. The molecule has 4 aliphatic rings. The highest BCUT2D eigenvalue weighted by Crippen LogP contribution is 2.64. The van der Waals surface area contributed by atoms with Crippen molar-refractivity contribution in [1.82, 2.24) is 0 Å². The van der Waals surface area contributed by atoms with Crippen molar-refractivity contribution in [3.8, 4) is 0 Å². The summed E-state index contributed by atoms with van der Waals surface area (Å²) in [6.45, 7) is 13.4. The first-order chi connectivity index (χ1) is 20.9. The van der Waals surface area contributed by atoms with Crippen LogP contribution in [0.15, 0.2) is 35.2 Å². The lowest BCUT2D eigenvalue weighted by atomic mass is 9.52. The van der Waals surface area contributed by atoms with Crippen molar-refractivity contribution in [1.29, 1.82) is 0 Å². The Morgan fingerprint density at radius 3 is 2.07 bits per heavy atom. The summed E-state index contributed by atoms with van der Waals surface area (Å²) in [4.78, 5) is 0.323. The van der Waals surface area contributed by atoms with Crippen LogP contribution in [0.5, 0.6) is 0 Å². The van der Waals surface area contributed by atoms with Gasteiger partial charge in [0.05, 0.1) is 21.7 Å². The van der Waals surface area contributed by atoms with E-state index in [1.165, 1.54) is 0 Å². The first kappa shape index (κ1) is 35.2. The normalized spacial score (nSPS) is 39.6. The zero-order valence-corrected chi connectivity index (χ0v) is 29.4. The molecule has 3 nitrogen and oxygen atoms in total. The second kappa shape index (κ2) is 12.7. The van der Waals surface area contributed by atoms with E-state index in [-0.39, 0.29) is 53.8 Å². The molecule has 2 unspecified atom stereocenters. The van der Waals surface area contributed by atoms with E-state index in [9.17, 15) is 26.7 Å². The Hall–Kier alpha value is -1.08. The molecule has 0 bridgehead atoms. The molecule has 1 aromatic rings. The fourth-order valence-corrected chi connectivity index (χ4v) is 13.3. The van der Waals surface area contributed by atoms with E-state index in [1.807, 2.05) is 6.07 Å². The molecule has 0 aliphatic heterocycles. The highest BCUT2D eigenvalue weighted by molar-refractivity contribution is 7.92. The second-order valence-electron chi connectivity index (χ2n) is 17.4. The highest BCUT2D eigenvalue weighted by Gasteiger charge is 2.58. The van der Waals surface area contributed by atoms with E-state index >= 15 is 0 Å². The third-order valence-electron chi connectivity index (χ3n) is 14.0. The predicted octanol–water partition coefficient (Wildman–Crippen LogP) is 10.3. The standard InChI is InChI=1S/C38H59F3O3S/c1-25-12-13-28(38(39,40)41)14-15-31-30(25)20-21-36(6)32(16-17-33(31)36)26(2)34(45(43,44)29-10-8-7-9-11-29)24-37(42)22-18-27(19-23-37)35(3,4)5/h7-11,25-28,30-34,42H,12-24H2,1-6H3/t25-,26-,27?,28?,30+,31+,32+,33-,34?,36+,37?/m0/s1. The number of sulfone groups is 1. The van der Waals surface area contributed by atoms with Gasteiger partial charge < -0.3 is 5.11 Å². The molecular formula is C38H59F3O3S. The van der Waals surface area contributed by atoms with Crippen molar-refractivity contribution in [2.24, 2.45) is 58.2 Å². The van der Waals surface area contributed by atoms with E-state index in [2.05, 4.69) is 41.5 Å². The van der Waals surface area contributed by atoms with Crippen molar-refractivity contribution in [2.45, 2.75) is 147 Å². The Balaban J connectivity index is 1.43. The minimum atomic E-state index is -4.14. The number of hydrogen-bond donors (Lipinski definition) is 1. The molecule has 45 heavy (non-hydrogen) atoms. The summed E-state index contributed by atoms with van der Waals surface area (Å²) in [5.74, 6) is 0.608. The third kappa shape index (κ3) is 7.06. The number of alkyl halides is 3. The van der Waals surface area contributed by atoms with Gasteiger partial charge in [-0.2, -0.15) is 13.2 Å². The lowest BCUT2D eigenvalue weighted by molar-refractivity contribution is -0.184. The van der Waals surface area contributed by atoms with Gasteiger partial charge in [-0.05, 0) is 148 Å². The highest BCUT2D eigenvalue weighted by atomic mass is 32.2. The average molecular weight is 653 g/mol. The van der Waals surface area contributed by atoms with Gasteiger partial charge in [0, 0.05) is 0 Å². The molecule has 256 valence electrons. The molecule has 4 fully saturated rings. The molecular weight excluding hydrogens is 593 g/mol. The van der Waals surface area contributed by atoms with Gasteiger partial charge in [-0.15, -0.1) is 0 Å². The Morgan fingerprint density at radius 2 is 1.47 bits per heavy atom. The summed E-state index contributed by atoms with van der Waals surface area (Å²) in [5.41, 5.74) is -0.962. The molecule has 1 aromatic carbocycles. The summed E-state index contributed by atoms with van der Waals surface area (Å²) >= 11 is 0. The van der Waals surface area contributed by atoms with Crippen LogP contribution in [0.2, 0.25) is 0 Å². The number of fused-ring (bicyclic) bond motifs is 3. The fraction of sp³-hybridized carbons (Fsp3) is 0.842. The Kier molecular flexibility index (Phi) is 9.98. The van der Waals surface area contributed by atoms with Gasteiger partial charge in [0.1, 0.15) is 0 Å². The van der Waals surface area contributed by atoms with Gasteiger partial charge >= 0.3 is 6.18 Å². The molecule has 0 saturated heterocycles. The van der Waals surface area contributed by atoms with Crippen molar-refractivity contribution in [3.05, 3.63) is 30.3 Å². The number of rotatable bonds is 6. The molecule has 7 heteroatoms. The van der Waals surface area contributed by atoms with Crippen molar-refractivity contribution in [2.75, 3.05) is 0 Å². The van der Waals surface area contributed by atoms with Crippen LogP contribution in [0, 0.1) is 58.2 Å². The number of aliphatic hydroxyl groups is 1. The monoisotopic (exact) mass is 652 g/mol. The summed E-state index contributed by atoms with van der Waals surface area (Å²) < 4.78 is 70.7. The van der Waals surface area contributed by atoms with Crippen LogP contribution in [-0.2, 0) is 9.84 Å². The smallest absolute Gasteiger partial charge is 0.390 e. The lowest BCUT2D eigenvalue weighted by Gasteiger charge is -2.53. The minimum absolute atomic E-state index is 0.107. The van der Waals surface area contributed by atoms with Gasteiger partial charge in [-0.3, -0.25) is 0 Å². The summed E-state index contributed by atoms with van der Waals surface area (Å²) in [6.07, 6.45) is 4.78. The molecule has 0 amide bonds. The maximum Gasteiger partial charge on any atom is 0.391 e. The first-order valence-corrected chi connectivity index (χ1v) is 19.5. The third-order valence-corrected chi connectivity index (χ3v) is 16.3. The number of hydrogen-bond acceptors (Lipinski definition) is 3. The van der Waals surface area contributed by atoms with Crippen LogP contribution in [0.1, 0.15) is 125 Å². The zero-order valence-electron chi connectivity index (χ0n) is 28.6. The fourth-order valence-electron chi connectivity index (χ4n) is 11.1.